The molecular formula is C12H15N3O4S. The van der Waals surface area contributed by atoms with Crippen LogP contribution in [0.5, 0.6) is 0 Å². The molecule has 7 nitrogen and oxygen atoms in total. The molecule has 1 N–H and O–H groups in total. The van der Waals surface area contributed by atoms with Gasteiger partial charge in [0, 0.05) is 31.3 Å². The molecule has 0 aliphatic carbocycles. The smallest absolute Gasteiger partial charge is 0.269 e. The first-order valence-electron chi connectivity index (χ1n) is 6.46. The highest BCUT2D eigenvalue weighted by Crippen LogP contribution is 2.28. The Bertz CT molecular complexity index is 629. The van der Waals surface area contributed by atoms with E-state index in [1.165, 1.54) is 28.6 Å². The van der Waals surface area contributed by atoms with Crippen LogP contribution in [0, 0.1) is 16.0 Å². The third-order valence-corrected chi connectivity index (χ3v) is 5.93. The van der Waals surface area contributed by atoms with Gasteiger partial charge in [-0.3, -0.25) is 10.1 Å². The fourth-order valence-electron chi connectivity index (χ4n) is 2.70. The highest BCUT2D eigenvalue weighted by molar-refractivity contribution is 7.89. The van der Waals surface area contributed by atoms with Crippen molar-refractivity contribution in [1.29, 1.82) is 0 Å². The zero-order chi connectivity index (χ0) is 14.3. The van der Waals surface area contributed by atoms with Crippen molar-refractivity contribution in [2.24, 2.45) is 5.92 Å². The average molecular weight is 297 g/mol. The second-order valence-electron chi connectivity index (χ2n) is 5.18. The Kier molecular flexibility index (Phi) is 3.23. The summed E-state index contributed by atoms with van der Waals surface area (Å²) in [5, 5.41) is 13.8. The number of benzene rings is 1. The van der Waals surface area contributed by atoms with E-state index in [-0.39, 0.29) is 16.6 Å². The number of hydrogen-bond acceptors (Lipinski definition) is 5. The van der Waals surface area contributed by atoms with Gasteiger partial charge in [-0.25, -0.2) is 8.42 Å². The number of rotatable bonds is 3. The Morgan fingerprint density at radius 2 is 2.00 bits per heavy atom. The Hall–Kier alpha value is -1.51. The van der Waals surface area contributed by atoms with E-state index in [4.69, 9.17) is 0 Å². The molecule has 8 heteroatoms. The maximum absolute atomic E-state index is 12.5. The van der Waals surface area contributed by atoms with Crippen molar-refractivity contribution in [1.82, 2.24) is 9.62 Å². The van der Waals surface area contributed by atoms with E-state index in [1.807, 2.05) is 0 Å². The van der Waals surface area contributed by atoms with E-state index < -0.39 is 14.9 Å². The van der Waals surface area contributed by atoms with Crippen LogP contribution in [-0.4, -0.2) is 43.3 Å². The summed E-state index contributed by atoms with van der Waals surface area (Å²) in [6, 6.07) is 5.29. The average Bonchev–Trinajstić information content (AvgIpc) is 2.40. The molecule has 3 rings (SSSR count). The Labute approximate surface area is 116 Å². The molecule has 0 saturated carbocycles. The Morgan fingerprint density at radius 1 is 1.30 bits per heavy atom. The number of hydrogen-bond donors (Lipinski definition) is 1. The standard InChI is InChI=1S/C12H15N3O4S/c16-15(17)10-1-3-11(4-2-10)20(18,19)14-6-5-9-7-13-12(9)8-14/h1-4,9,12-13H,5-8H2. The molecular weight excluding hydrogens is 282 g/mol. The van der Waals surface area contributed by atoms with Gasteiger partial charge in [-0.2, -0.15) is 4.31 Å². The van der Waals surface area contributed by atoms with Gasteiger partial charge in [0.25, 0.3) is 5.69 Å². The fourth-order valence-corrected chi connectivity index (χ4v) is 4.18. The molecule has 2 aliphatic rings. The van der Waals surface area contributed by atoms with Crippen molar-refractivity contribution in [2.75, 3.05) is 19.6 Å². The zero-order valence-electron chi connectivity index (χ0n) is 10.7. The quantitative estimate of drug-likeness (QED) is 0.650. The minimum Gasteiger partial charge on any atom is -0.312 e. The molecule has 2 heterocycles. The minimum atomic E-state index is -3.56. The summed E-state index contributed by atoms with van der Waals surface area (Å²) < 4.78 is 26.4. The van der Waals surface area contributed by atoms with Crippen LogP contribution in [0.2, 0.25) is 0 Å². The SMILES string of the molecule is O=[N+]([O-])c1ccc(S(=O)(=O)N2CCC3CNC3C2)cc1. The lowest BCUT2D eigenvalue weighted by Gasteiger charge is -2.45. The first-order chi connectivity index (χ1) is 9.48. The van der Waals surface area contributed by atoms with Crippen LogP contribution in [0.3, 0.4) is 0 Å². The first-order valence-corrected chi connectivity index (χ1v) is 7.90. The molecule has 0 amide bonds. The predicted molar refractivity (Wildman–Crippen MR) is 71.8 cm³/mol. The lowest BCUT2D eigenvalue weighted by Crippen LogP contribution is -2.62. The predicted octanol–water partition coefficient (Wildman–Crippen LogP) is 0.577. The number of nitrogens with one attached hydrogen (secondary N) is 1. The molecule has 1 aromatic carbocycles. The first kappa shape index (κ1) is 13.5. The van der Waals surface area contributed by atoms with Crippen molar-refractivity contribution in [3.63, 3.8) is 0 Å². The molecule has 2 saturated heterocycles. The topological polar surface area (TPSA) is 92.5 Å². The lowest BCUT2D eigenvalue weighted by atomic mass is 9.86. The molecule has 20 heavy (non-hydrogen) atoms. The van der Waals surface area contributed by atoms with Crippen molar-refractivity contribution in [2.45, 2.75) is 17.4 Å². The van der Waals surface area contributed by atoms with Crippen LogP contribution in [0.15, 0.2) is 29.2 Å². The van der Waals surface area contributed by atoms with Crippen molar-refractivity contribution in [3.05, 3.63) is 34.4 Å². The fraction of sp³-hybridized carbons (Fsp3) is 0.500. The van der Waals surface area contributed by atoms with E-state index in [9.17, 15) is 18.5 Å². The van der Waals surface area contributed by atoms with E-state index in [2.05, 4.69) is 5.32 Å². The number of nitro benzene ring substituents is 1. The summed E-state index contributed by atoms with van der Waals surface area (Å²) in [6.07, 6.45) is 0.865. The van der Waals surface area contributed by atoms with E-state index in [1.54, 1.807) is 0 Å². The molecule has 2 unspecified atom stereocenters. The summed E-state index contributed by atoms with van der Waals surface area (Å²) in [7, 11) is -3.56. The lowest BCUT2D eigenvalue weighted by molar-refractivity contribution is -0.384. The summed E-state index contributed by atoms with van der Waals surface area (Å²) in [6.45, 7) is 1.96. The van der Waals surface area contributed by atoms with Gasteiger partial charge in [-0.05, 0) is 31.0 Å². The Morgan fingerprint density at radius 3 is 2.50 bits per heavy atom. The van der Waals surface area contributed by atoms with Gasteiger partial charge in [0.1, 0.15) is 0 Å². The molecule has 1 aromatic rings. The number of sulfonamides is 1. The molecule has 108 valence electrons. The van der Waals surface area contributed by atoms with Gasteiger partial charge >= 0.3 is 0 Å². The number of fused-ring (bicyclic) bond motifs is 1. The van der Waals surface area contributed by atoms with Crippen LogP contribution < -0.4 is 5.32 Å². The summed E-state index contributed by atoms with van der Waals surface area (Å²) in [4.78, 5) is 10.2. The molecule has 2 atom stereocenters. The maximum Gasteiger partial charge on any atom is 0.269 e. The van der Waals surface area contributed by atoms with Gasteiger partial charge in [0.05, 0.1) is 9.82 Å². The second kappa shape index (κ2) is 4.80. The highest BCUT2D eigenvalue weighted by atomic mass is 32.2. The molecule has 0 aromatic heterocycles. The Balaban J connectivity index is 1.82. The second-order valence-corrected chi connectivity index (χ2v) is 7.12. The van der Waals surface area contributed by atoms with Gasteiger partial charge in [0.2, 0.25) is 10.0 Å². The number of piperidine rings is 1. The molecule has 0 radical (unpaired) electrons. The van der Waals surface area contributed by atoms with Crippen LogP contribution in [0.25, 0.3) is 0 Å². The van der Waals surface area contributed by atoms with E-state index in [0.717, 1.165) is 13.0 Å². The summed E-state index contributed by atoms with van der Waals surface area (Å²) >= 11 is 0. The molecule has 2 aliphatic heterocycles. The van der Waals surface area contributed by atoms with Gasteiger partial charge in [-0.15, -0.1) is 0 Å². The highest BCUT2D eigenvalue weighted by Gasteiger charge is 2.39. The third-order valence-electron chi connectivity index (χ3n) is 4.05. The summed E-state index contributed by atoms with van der Waals surface area (Å²) in [5.41, 5.74) is -0.108. The monoisotopic (exact) mass is 297 g/mol. The van der Waals surface area contributed by atoms with Gasteiger partial charge < -0.3 is 5.32 Å². The largest absolute Gasteiger partial charge is 0.312 e. The van der Waals surface area contributed by atoms with Crippen molar-refractivity contribution in [3.8, 4) is 0 Å². The molecule has 0 spiro atoms. The van der Waals surface area contributed by atoms with Crippen LogP contribution in [-0.2, 0) is 10.0 Å². The third kappa shape index (κ3) is 2.19. The van der Waals surface area contributed by atoms with Crippen LogP contribution in [0.1, 0.15) is 6.42 Å². The number of nitro groups is 1. The van der Waals surface area contributed by atoms with Crippen LogP contribution in [0.4, 0.5) is 5.69 Å². The normalized spacial score (nSPS) is 26.6. The van der Waals surface area contributed by atoms with Crippen LogP contribution >= 0.6 is 0 Å². The number of non-ortho nitro benzene ring substituents is 1. The maximum atomic E-state index is 12.5. The van der Waals surface area contributed by atoms with Crippen molar-refractivity contribution >= 4 is 15.7 Å². The number of nitrogens with zero attached hydrogens (tertiary/aromatic N) is 2. The molecule has 0 bridgehead atoms. The minimum absolute atomic E-state index is 0.108. The zero-order valence-corrected chi connectivity index (χ0v) is 11.5. The molecule has 2 fully saturated rings. The van der Waals surface area contributed by atoms with E-state index >= 15 is 0 Å². The van der Waals surface area contributed by atoms with E-state index in [0.29, 0.717) is 19.0 Å². The van der Waals surface area contributed by atoms with Gasteiger partial charge in [0.15, 0.2) is 0 Å². The van der Waals surface area contributed by atoms with Crippen molar-refractivity contribution < 1.29 is 13.3 Å². The van der Waals surface area contributed by atoms with Gasteiger partial charge in [-0.1, -0.05) is 0 Å². The summed E-state index contributed by atoms with van der Waals surface area (Å²) in [5.74, 6) is 0.582.